The Morgan fingerprint density at radius 2 is 1.86 bits per heavy atom. The summed E-state index contributed by atoms with van der Waals surface area (Å²) in [5, 5.41) is 8.78. The minimum Gasteiger partial charge on any atom is -0.461 e. The molecule has 0 bridgehead atoms. The maximum Gasteiger partial charge on any atom is 0.573 e. The first-order chi connectivity index (χ1) is 17.6. The number of carbonyl (C=O) groups excluding carboxylic acids is 2. The lowest BCUT2D eigenvalue weighted by atomic mass is 10.1. The number of alkyl halides is 3. The molecule has 0 spiro atoms. The number of aryl methyl sites for hydroxylation is 1. The van der Waals surface area contributed by atoms with E-state index in [2.05, 4.69) is 15.2 Å². The van der Waals surface area contributed by atoms with Gasteiger partial charge < -0.3 is 14.8 Å². The Hall–Kier alpha value is -4.19. The second-order valence-electron chi connectivity index (χ2n) is 7.90. The summed E-state index contributed by atoms with van der Waals surface area (Å²) >= 11 is 1.04. The van der Waals surface area contributed by atoms with Crippen LogP contribution in [0.1, 0.15) is 28.5 Å². The number of hydrogen-bond donors (Lipinski definition) is 1. The van der Waals surface area contributed by atoms with Gasteiger partial charge in [0.15, 0.2) is 5.69 Å². The number of nitrogens with zero attached hydrogens (tertiary/aromatic N) is 2. The summed E-state index contributed by atoms with van der Waals surface area (Å²) in [5.41, 5.74) is 0.995. The summed E-state index contributed by atoms with van der Waals surface area (Å²) in [4.78, 5) is 38.8. The van der Waals surface area contributed by atoms with Crippen LogP contribution in [0.5, 0.6) is 5.75 Å². The number of nitrogens with one attached hydrogen (secondary N) is 1. The van der Waals surface area contributed by atoms with E-state index in [1.54, 1.807) is 13.0 Å². The molecular weight excluding hydrogens is 511 g/mol. The average molecular weight is 532 g/mol. The lowest BCUT2D eigenvalue weighted by Gasteiger charge is -2.12. The van der Waals surface area contributed by atoms with Gasteiger partial charge in [0.1, 0.15) is 10.8 Å². The van der Waals surface area contributed by atoms with Crippen molar-refractivity contribution in [3.63, 3.8) is 0 Å². The van der Waals surface area contributed by atoms with Crippen LogP contribution in [0.25, 0.3) is 16.5 Å². The summed E-state index contributed by atoms with van der Waals surface area (Å²) < 4.78 is 47.4. The Morgan fingerprint density at radius 1 is 1.14 bits per heavy atom. The van der Waals surface area contributed by atoms with Gasteiger partial charge in [-0.3, -0.25) is 9.59 Å². The fourth-order valence-corrected chi connectivity index (χ4v) is 4.59. The van der Waals surface area contributed by atoms with Gasteiger partial charge in [-0.15, -0.1) is 24.5 Å². The first-order valence-corrected chi connectivity index (χ1v) is 11.9. The van der Waals surface area contributed by atoms with Crippen LogP contribution >= 0.6 is 11.3 Å². The van der Waals surface area contributed by atoms with E-state index in [0.29, 0.717) is 0 Å². The number of anilines is 1. The first-order valence-electron chi connectivity index (χ1n) is 11.0. The molecule has 192 valence electrons. The van der Waals surface area contributed by atoms with Gasteiger partial charge in [0.2, 0.25) is 5.91 Å². The Labute approximate surface area is 212 Å². The summed E-state index contributed by atoms with van der Waals surface area (Å²) in [6.45, 7) is 3.56. The number of ether oxygens (including phenoxy) is 2. The highest BCUT2D eigenvalue weighted by molar-refractivity contribution is 7.16. The van der Waals surface area contributed by atoms with E-state index in [-0.39, 0.29) is 46.1 Å². The van der Waals surface area contributed by atoms with Crippen molar-refractivity contribution >= 4 is 39.0 Å². The third kappa shape index (κ3) is 5.97. The monoisotopic (exact) mass is 531 g/mol. The number of hydrogen-bond acceptors (Lipinski definition) is 7. The van der Waals surface area contributed by atoms with Crippen molar-refractivity contribution in [2.75, 3.05) is 11.9 Å². The van der Waals surface area contributed by atoms with Crippen LogP contribution in [0, 0.1) is 6.92 Å². The molecule has 12 heteroatoms. The van der Waals surface area contributed by atoms with Gasteiger partial charge in [-0.2, -0.15) is 9.78 Å². The lowest BCUT2D eigenvalue weighted by molar-refractivity contribution is -0.274. The van der Waals surface area contributed by atoms with Gasteiger partial charge in [0.25, 0.3) is 5.56 Å². The highest BCUT2D eigenvalue weighted by Crippen LogP contribution is 2.31. The SMILES string of the molecule is CCOC(=O)c1nn(-c2ccc(OC(F)(F)F)cc2)c(=O)c2c(NC(=O)Cc3cccc(C)c3)scc12. The molecule has 4 aromatic rings. The fourth-order valence-electron chi connectivity index (χ4n) is 3.63. The molecule has 0 atom stereocenters. The minimum atomic E-state index is -4.88. The van der Waals surface area contributed by atoms with E-state index in [0.717, 1.165) is 39.3 Å². The van der Waals surface area contributed by atoms with Crippen LogP contribution in [0.15, 0.2) is 58.7 Å². The van der Waals surface area contributed by atoms with E-state index in [1.165, 1.54) is 17.5 Å². The standard InChI is InChI=1S/C25H20F3N3O5S/c1-3-35-24(34)21-18-13-37-22(29-19(32)12-15-6-4-5-14(2)11-15)20(18)23(33)31(30-21)16-7-9-17(10-8-16)36-25(26,27)28/h4-11,13H,3,12H2,1-2H3,(H,29,32). The molecular formula is C25H20F3N3O5S. The Kier molecular flexibility index (Phi) is 7.30. The molecule has 2 aromatic heterocycles. The molecule has 0 saturated heterocycles. The molecule has 0 aliphatic carbocycles. The Morgan fingerprint density at radius 3 is 2.51 bits per heavy atom. The van der Waals surface area contributed by atoms with Crippen molar-refractivity contribution in [1.29, 1.82) is 0 Å². The van der Waals surface area contributed by atoms with Crippen molar-refractivity contribution < 1.29 is 32.2 Å². The van der Waals surface area contributed by atoms with Crippen molar-refractivity contribution in [1.82, 2.24) is 9.78 Å². The number of benzene rings is 2. The van der Waals surface area contributed by atoms with Crippen LogP contribution < -0.4 is 15.6 Å². The molecule has 1 N–H and O–H groups in total. The maximum atomic E-state index is 13.4. The predicted octanol–water partition coefficient (Wildman–Crippen LogP) is 5.01. The van der Waals surface area contributed by atoms with E-state index >= 15 is 0 Å². The van der Waals surface area contributed by atoms with Crippen molar-refractivity contribution in [2.45, 2.75) is 26.6 Å². The van der Waals surface area contributed by atoms with E-state index in [1.807, 2.05) is 25.1 Å². The predicted molar refractivity (Wildman–Crippen MR) is 131 cm³/mol. The number of fused-ring (bicyclic) bond motifs is 1. The summed E-state index contributed by atoms with van der Waals surface area (Å²) in [7, 11) is 0. The molecule has 0 unspecified atom stereocenters. The first kappa shape index (κ1) is 25.9. The van der Waals surface area contributed by atoms with Gasteiger partial charge in [0, 0.05) is 10.8 Å². The van der Waals surface area contributed by atoms with Gasteiger partial charge in [-0.05, 0) is 43.7 Å². The zero-order chi connectivity index (χ0) is 26.7. The van der Waals surface area contributed by atoms with Gasteiger partial charge in [-0.1, -0.05) is 29.8 Å². The van der Waals surface area contributed by atoms with E-state index in [4.69, 9.17) is 4.74 Å². The summed E-state index contributed by atoms with van der Waals surface area (Å²) in [5.74, 6) is -1.66. The number of carbonyl (C=O) groups is 2. The largest absolute Gasteiger partial charge is 0.573 e. The zero-order valence-corrected chi connectivity index (χ0v) is 20.4. The van der Waals surface area contributed by atoms with Crippen LogP contribution in [0.3, 0.4) is 0 Å². The van der Waals surface area contributed by atoms with Gasteiger partial charge >= 0.3 is 12.3 Å². The number of halogens is 3. The summed E-state index contributed by atoms with van der Waals surface area (Å²) in [6.07, 6.45) is -4.82. The molecule has 0 aliphatic rings. The quantitative estimate of drug-likeness (QED) is 0.337. The smallest absolute Gasteiger partial charge is 0.461 e. The topological polar surface area (TPSA) is 99.5 Å². The third-order valence-electron chi connectivity index (χ3n) is 5.14. The van der Waals surface area contributed by atoms with Crippen molar-refractivity contribution in [3.8, 4) is 11.4 Å². The van der Waals surface area contributed by atoms with Gasteiger partial charge in [0.05, 0.1) is 24.1 Å². The molecule has 0 fully saturated rings. The number of amides is 1. The Balaban J connectivity index is 1.76. The molecule has 0 radical (unpaired) electrons. The number of thiophene rings is 1. The molecule has 0 saturated carbocycles. The zero-order valence-electron chi connectivity index (χ0n) is 19.6. The van der Waals surface area contributed by atoms with Gasteiger partial charge in [-0.25, -0.2) is 4.79 Å². The maximum absolute atomic E-state index is 13.4. The van der Waals surface area contributed by atoms with E-state index in [9.17, 15) is 27.6 Å². The van der Waals surface area contributed by atoms with Crippen molar-refractivity contribution in [2.24, 2.45) is 0 Å². The van der Waals surface area contributed by atoms with Crippen LogP contribution in [-0.2, 0) is 16.0 Å². The number of rotatable bonds is 7. The molecule has 4 rings (SSSR count). The molecule has 0 aliphatic heterocycles. The van der Waals surface area contributed by atoms with Crippen LogP contribution in [0.4, 0.5) is 18.2 Å². The highest BCUT2D eigenvalue weighted by atomic mass is 32.1. The average Bonchev–Trinajstić information content (AvgIpc) is 3.23. The molecule has 2 heterocycles. The summed E-state index contributed by atoms with van der Waals surface area (Å²) in [6, 6.07) is 11.8. The van der Waals surface area contributed by atoms with E-state index < -0.39 is 23.6 Å². The second kappa shape index (κ2) is 10.4. The number of aromatic nitrogens is 2. The van der Waals surface area contributed by atoms with Crippen molar-refractivity contribution in [3.05, 3.63) is 81.1 Å². The fraction of sp³-hybridized carbons (Fsp3) is 0.200. The van der Waals surface area contributed by atoms with Crippen LogP contribution in [-0.4, -0.2) is 34.6 Å². The molecule has 1 amide bonds. The highest BCUT2D eigenvalue weighted by Gasteiger charge is 2.31. The second-order valence-corrected chi connectivity index (χ2v) is 8.77. The van der Waals surface area contributed by atoms with Crippen LogP contribution in [0.2, 0.25) is 0 Å². The molecule has 37 heavy (non-hydrogen) atoms. The normalized spacial score (nSPS) is 11.4. The number of esters is 1. The molecule has 8 nitrogen and oxygen atoms in total. The third-order valence-corrected chi connectivity index (χ3v) is 6.03. The Bertz CT molecular complexity index is 1530. The lowest BCUT2D eigenvalue weighted by Crippen LogP contribution is -2.26. The molecule has 2 aromatic carbocycles. The minimum absolute atomic E-state index is 0.0243.